The predicted molar refractivity (Wildman–Crippen MR) is 91.8 cm³/mol. The second kappa shape index (κ2) is 8.77. The molecule has 7 nitrogen and oxygen atoms in total. The van der Waals surface area contributed by atoms with Crippen LogP contribution in [0.2, 0.25) is 0 Å². The Kier molecular flexibility index (Phi) is 6.71. The highest BCUT2D eigenvalue weighted by Gasteiger charge is 2.15. The molecule has 0 atom stereocenters. The minimum atomic E-state index is -3.66. The van der Waals surface area contributed by atoms with Gasteiger partial charge >= 0.3 is 5.97 Å². The lowest BCUT2D eigenvalue weighted by Gasteiger charge is -2.07. The highest BCUT2D eigenvalue weighted by Crippen LogP contribution is 2.18. The summed E-state index contributed by atoms with van der Waals surface area (Å²) in [4.78, 5) is 15.4. The SMILES string of the molecule is CCOC(=O)Cc1csc(NS(=O)(=O)CCOc2ccc(F)cc2)n1. The molecule has 1 aromatic carbocycles. The number of aromatic nitrogens is 1. The summed E-state index contributed by atoms with van der Waals surface area (Å²) in [6.45, 7) is 1.88. The van der Waals surface area contributed by atoms with E-state index in [4.69, 9.17) is 9.47 Å². The third kappa shape index (κ3) is 6.67. The summed E-state index contributed by atoms with van der Waals surface area (Å²) >= 11 is 1.08. The number of ether oxygens (including phenoxy) is 2. The van der Waals surface area contributed by atoms with Crippen LogP contribution in [0.5, 0.6) is 5.75 Å². The van der Waals surface area contributed by atoms with Crippen molar-refractivity contribution in [1.29, 1.82) is 0 Å². The molecule has 1 heterocycles. The Bertz CT molecular complexity index is 806. The van der Waals surface area contributed by atoms with Crippen LogP contribution in [-0.4, -0.2) is 38.3 Å². The summed E-state index contributed by atoms with van der Waals surface area (Å²) in [6, 6.07) is 5.28. The van der Waals surface area contributed by atoms with Crippen molar-refractivity contribution in [1.82, 2.24) is 4.98 Å². The first-order valence-electron chi connectivity index (χ1n) is 7.37. The van der Waals surface area contributed by atoms with Crippen molar-refractivity contribution in [2.45, 2.75) is 13.3 Å². The number of nitrogens with one attached hydrogen (secondary N) is 1. The van der Waals surface area contributed by atoms with Gasteiger partial charge in [-0.3, -0.25) is 9.52 Å². The van der Waals surface area contributed by atoms with Crippen LogP contribution < -0.4 is 9.46 Å². The first-order chi connectivity index (χ1) is 11.9. The molecule has 0 fully saturated rings. The molecule has 0 radical (unpaired) electrons. The van der Waals surface area contributed by atoms with Gasteiger partial charge in [0.1, 0.15) is 23.9 Å². The fourth-order valence-electron chi connectivity index (χ4n) is 1.78. The number of hydrogen-bond donors (Lipinski definition) is 1. The molecular formula is C15H17FN2O5S2. The van der Waals surface area contributed by atoms with E-state index in [1.165, 1.54) is 24.3 Å². The van der Waals surface area contributed by atoms with E-state index in [2.05, 4.69) is 9.71 Å². The minimum Gasteiger partial charge on any atom is -0.492 e. The van der Waals surface area contributed by atoms with E-state index in [9.17, 15) is 17.6 Å². The predicted octanol–water partition coefficient (Wildman–Crippen LogP) is 2.21. The largest absolute Gasteiger partial charge is 0.492 e. The number of carbonyl (C=O) groups excluding carboxylic acids is 1. The van der Waals surface area contributed by atoms with E-state index in [1.807, 2.05) is 0 Å². The van der Waals surface area contributed by atoms with Crippen molar-refractivity contribution in [2.24, 2.45) is 0 Å². The van der Waals surface area contributed by atoms with Crippen LogP contribution in [0.3, 0.4) is 0 Å². The number of esters is 1. The molecule has 0 saturated carbocycles. The molecule has 0 aliphatic rings. The first kappa shape index (κ1) is 19.1. The van der Waals surface area contributed by atoms with E-state index in [0.717, 1.165) is 11.3 Å². The fraction of sp³-hybridized carbons (Fsp3) is 0.333. The van der Waals surface area contributed by atoms with Gasteiger partial charge in [0.05, 0.1) is 18.7 Å². The van der Waals surface area contributed by atoms with Crippen molar-refractivity contribution < 1.29 is 27.1 Å². The molecule has 0 amide bonds. The van der Waals surface area contributed by atoms with Crippen LogP contribution >= 0.6 is 11.3 Å². The second-order valence-corrected chi connectivity index (χ2v) is 7.55. The molecule has 1 N–H and O–H groups in total. The number of rotatable bonds is 9. The third-order valence-corrected chi connectivity index (χ3v) is 5.00. The Morgan fingerprint density at radius 2 is 2.04 bits per heavy atom. The lowest BCUT2D eigenvalue weighted by atomic mass is 10.3. The number of hydrogen-bond acceptors (Lipinski definition) is 7. The fourth-order valence-corrected chi connectivity index (χ4v) is 3.62. The molecule has 25 heavy (non-hydrogen) atoms. The summed E-state index contributed by atoms with van der Waals surface area (Å²) in [5.74, 6) is -0.738. The van der Waals surface area contributed by atoms with Crippen LogP contribution in [-0.2, 0) is 26.0 Å². The van der Waals surface area contributed by atoms with Crippen molar-refractivity contribution in [2.75, 3.05) is 23.7 Å². The summed E-state index contributed by atoms with van der Waals surface area (Å²) in [6.07, 6.45) is -0.0141. The molecule has 0 aliphatic carbocycles. The minimum absolute atomic E-state index is 0.0141. The smallest absolute Gasteiger partial charge is 0.311 e. The standard InChI is InChI=1S/C15H17FN2O5S2/c1-2-22-14(19)9-12-10-24-15(17-12)18-25(20,21)8-7-23-13-5-3-11(16)4-6-13/h3-6,10H,2,7-9H2,1H3,(H,17,18). The molecule has 2 aromatic rings. The number of anilines is 1. The average molecular weight is 388 g/mol. The number of sulfonamides is 1. The third-order valence-electron chi connectivity index (χ3n) is 2.86. The summed E-state index contributed by atoms with van der Waals surface area (Å²) in [7, 11) is -3.66. The van der Waals surface area contributed by atoms with Gasteiger partial charge in [-0.1, -0.05) is 0 Å². The highest BCUT2D eigenvalue weighted by molar-refractivity contribution is 7.92. The van der Waals surface area contributed by atoms with Crippen LogP contribution in [0.1, 0.15) is 12.6 Å². The maximum absolute atomic E-state index is 12.8. The lowest BCUT2D eigenvalue weighted by Crippen LogP contribution is -2.21. The normalized spacial score (nSPS) is 11.1. The summed E-state index contributed by atoms with van der Waals surface area (Å²) in [5, 5.41) is 1.75. The molecule has 2 rings (SSSR count). The molecular weight excluding hydrogens is 371 g/mol. The van der Waals surface area contributed by atoms with Crippen molar-refractivity contribution in [3.8, 4) is 5.75 Å². The van der Waals surface area contributed by atoms with Gasteiger partial charge in [-0.15, -0.1) is 11.3 Å². The van der Waals surface area contributed by atoms with Gasteiger partial charge in [0.2, 0.25) is 10.0 Å². The molecule has 0 aliphatic heterocycles. The zero-order valence-electron chi connectivity index (χ0n) is 13.4. The van der Waals surface area contributed by atoms with Gasteiger partial charge in [0.25, 0.3) is 0 Å². The van der Waals surface area contributed by atoms with Gasteiger partial charge in [-0.05, 0) is 31.2 Å². The second-order valence-electron chi connectivity index (χ2n) is 4.85. The summed E-state index contributed by atoms with van der Waals surface area (Å²) in [5.41, 5.74) is 0.434. The monoisotopic (exact) mass is 388 g/mol. The van der Waals surface area contributed by atoms with E-state index in [1.54, 1.807) is 12.3 Å². The molecule has 0 saturated heterocycles. The van der Waals surface area contributed by atoms with Crippen molar-refractivity contribution >= 4 is 32.5 Å². The van der Waals surface area contributed by atoms with E-state index >= 15 is 0 Å². The van der Waals surface area contributed by atoms with Gasteiger partial charge in [-0.2, -0.15) is 0 Å². The number of carbonyl (C=O) groups is 1. The van der Waals surface area contributed by atoms with Crippen molar-refractivity contribution in [3.05, 3.63) is 41.2 Å². The first-order valence-corrected chi connectivity index (χ1v) is 9.90. The molecule has 1 aromatic heterocycles. The van der Waals surface area contributed by atoms with Crippen molar-refractivity contribution in [3.63, 3.8) is 0 Å². The van der Waals surface area contributed by atoms with Gasteiger partial charge in [0.15, 0.2) is 5.13 Å². The van der Waals surface area contributed by atoms with E-state index in [0.29, 0.717) is 11.4 Å². The molecule has 0 unspecified atom stereocenters. The van der Waals surface area contributed by atoms with Gasteiger partial charge in [-0.25, -0.2) is 17.8 Å². The van der Waals surface area contributed by atoms with Crippen LogP contribution in [0.4, 0.5) is 9.52 Å². The summed E-state index contributed by atoms with van der Waals surface area (Å²) < 4.78 is 49.2. The van der Waals surface area contributed by atoms with Crippen LogP contribution in [0, 0.1) is 5.82 Å². The number of benzene rings is 1. The Morgan fingerprint density at radius 1 is 1.32 bits per heavy atom. The topological polar surface area (TPSA) is 94.6 Å². The Balaban J connectivity index is 1.83. The maximum atomic E-state index is 12.8. The number of thiazole rings is 1. The average Bonchev–Trinajstić information content (AvgIpc) is 2.95. The molecule has 10 heteroatoms. The zero-order chi connectivity index (χ0) is 18.3. The lowest BCUT2D eigenvalue weighted by molar-refractivity contribution is -0.142. The van der Waals surface area contributed by atoms with Gasteiger partial charge in [0, 0.05) is 5.38 Å². The zero-order valence-corrected chi connectivity index (χ0v) is 15.0. The van der Waals surface area contributed by atoms with Gasteiger partial charge < -0.3 is 9.47 Å². The molecule has 0 bridgehead atoms. The van der Waals surface area contributed by atoms with E-state index < -0.39 is 21.8 Å². The maximum Gasteiger partial charge on any atom is 0.311 e. The number of halogens is 1. The highest BCUT2D eigenvalue weighted by atomic mass is 32.2. The van der Waals surface area contributed by atoms with Crippen LogP contribution in [0.25, 0.3) is 0 Å². The van der Waals surface area contributed by atoms with Crippen LogP contribution in [0.15, 0.2) is 29.6 Å². The molecule has 0 spiro atoms. The Morgan fingerprint density at radius 3 is 2.72 bits per heavy atom. The quantitative estimate of drug-likeness (QED) is 0.662. The van der Waals surface area contributed by atoms with E-state index in [-0.39, 0.29) is 30.5 Å². The Labute approximate surface area is 148 Å². The molecule has 136 valence electrons. The number of nitrogens with zero attached hydrogens (tertiary/aromatic N) is 1. The Hall–Kier alpha value is -2.20.